The van der Waals surface area contributed by atoms with E-state index in [1.54, 1.807) is 10.4 Å². The number of amides is 1. The van der Waals surface area contributed by atoms with E-state index >= 15 is 0 Å². The number of aromatic nitrogens is 1. The van der Waals surface area contributed by atoms with E-state index < -0.39 is 26.0 Å². The smallest absolute Gasteiger partial charge is 0.257 e. The molecule has 1 unspecified atom stereocenters. The molecule has 1 aliphatic heterocycles. The molecule has 0 saturated carbocycles. The molecule has 1 atom stereocenters. The minimum Gasteiger partial charge on any atom is -0.298 e. The van der Waals surface area contributed by atoms with Crippen molar-refractivity contribution in [2.24, 2.45) is 0 Å². The van der Waals surface area contributed by atoms with Gasteiger partial charge in [0, 0.05) is 32.2 Å². The van der Waals surface area contributed by atoms with Crippen LogP contribution in [0.5, 0.6) is 0 Å². The molecular weight excluding hydrogens is 508 g/mol. The predicted octanol–water partition coefficient (Wildman–Crippen LogP) is 3.75. The molecule has 0 spiro atoms. The number of benzene rings is 2. The van der Waals surface area contributed by atoms with Crippen LogP contribution in [0.3, 0.4) is 0 Å². The third kappa shape index (κ3) is 5.12. The van der Waals surface area contributed by atoms with E-state index in [4.69, 9.17) is 0 Å². The molecule has 12 heteroatoms. The summed E-state index contributed by atoms with van der Waals surface area (Å²) in [6.07, 6.45) is 3.51. The summed E-state index contributed by atoms with van der Waals surface area (Å²) in [6, 6.07) is 10.5. The highest BCUT2D eigenvalue weighted by atomic mass is 32.2. The molecule has 4 rings (SSSR count). The number of nitrogens with zero attached hydrogens (tertiary/aromatic N) is 3. The van der Waals surface area contributed by atoms with Gasteiger partial charge in [0.25, 0.3) is 5.91 Å². The number of piperidine rings is 1. The lowest BCUT2D eigenvalue weighted by atomic mass is 10.0. The summed E-state index contributed by atoms with van der Waals surface area (Å²) in [5.41, 5.74) is 0.862. The fourth-order valence-corrected chi connectivity index (χ4v) is 7.78. The van der Waals surface area contributed by atoms with Crippen LogP contribution in [0.2, 0.25) is 0 Å². The summed E-state index contributed by atoms with van der Waals surface area (Å²) in [5, 5.41) is 3.03. The highest BCUT2D eigenvalue weighted by Gasteiger charge is 2.32. The maximum atomic E-state index is 13.1. The van der Waals surface area contributed by atoms with Crippen molar-refractivity contribution in [1.29, 1.82) is 0 Å². The Morgan fingerprint density at radius 2 is 1.77 bits per heavy atom. The summed E-state index contributed by atoms with van der Waals surface area (Å²) in [6.45, 7) is 2.51. The number of anilines is 1. The normalized spacial score (nSPS) is 17.7. The number of hydrogen-bond donors (Lipinski definition) is 1. The Labute approximate surface area is 209 Å². The monoisotopic (exact) mass is 536 g/mol. The minimum absolute atomic E-state index is 0.00369. The lowest BCUT2D eigenvalue weighted by Crippen LogP contribution is -2.43. The SMILES string of the molecule is CCC1CCCCN1S(=O)(=O)c1ccc(C(=O)Nc2nc3ccc(S(=O)(=O)N(C)C)cc3s2)cc1. The lowest BCUT2D eigenvalue weighted by molar-refractivity contribution is 0.102. The van der Waals surface area contributed by atoms with Gasteiger partial charge in [-0.05, 0) is 61.7 Å². The summed E-state index contributed by atoms with van der Waals surface area (Å²) in [5.74, 6) is -0.432. The predicted molar refractivity (Wildman–Crippen MR) is 137 cm³/mol. The topological polar surface area (TPSA) is 117 Å². The lowest BCUT2D eigenvalue weighted by Gasteiger charge is -2.34. The van der Waals surface area contributed by atoms with Crippen LogP contribution >= 0.6 is 11.3 Å². The first-order valence-corrected chi connectivity index (χ1v) is 15.0. The quantitative estimate of drug-likeness (QED) is 0.492. The van der Waals surface area contributed by atoms with Gasteiger partial charge in [-0.2, -0.15) is 4.31 Å². The molecule has 2 aromatic carbocycles. The van der Waals surface area contributed by atoms with Crippen molar-refractivity contribution in [3.63, 3.8) is 0 Å². The van der Waals surface area contributed by atoms with Crippen LogP contribution in [0.15, 0.2) is 52.3 Å². The molecule has 2 heterocycles. The molecule has 1 aromatic heterocycles. The van der Waals surface area contributed by atoms with Crippen LogP contribution < -0.4 is 5.32 Å². The van der Waals surface area contributed by atoms with Gasteiger partial charge in [0.05, 0.1) is 20.0 Å². The molecule has 1 aliphatic rings. The Morgan fingerprint density at radius 1 is 1.09 bits per heavy atom. The van der Waals surface area contributed by atoms with Gasteiger partial charge in [-0.3, -0.25) is 10.1 Å². The van der Waals surface area contributed by atoms with E-state index in [2.05, 4.69) is 10.3 Å². The zero-order chi connectivity index (χ0) is 25.4. The first kappa shape index (κ1) is 25.7. The van der Waals surface area contributed by atoms with E-state index in [9.17, 15) is 21.6 Å². The van der Waals surface area contributed by atoms with Crippen LogP contribution in [0.4, 0.5) is 5.13 Å². The molecule has 0 aliphatic carbocycles. The largest absolute Gasteiger partial charge is 0.298 e. The van der Waals surface area contributed by atoms with Gasteiger partial charge in [0.15, 0.2) is 5.13 Å². The third-order valence-electron chi connectivity index (χ3n) is 6.13. The van der Waals surface area contributed by atoms with Crippen LogP contribution in [0.25, 0.3) is 10.2 Å². The summed E-state index contributed by atoms with van der Waals surface area (Å²) in [4.78, 5) is 17.4. The van der Waals surface area contributed by atoms with Crippen molar-refractivity contribution >= 4 is 52.6 Å². The fourth-order valence-electron chi connectivity index (χ4n) is 4.11. The van der Waals surface area contributed by atoms with Crippen LogP contribution in [0.1, 0.15) is 43.0 Å². The van der Waals surface area contributed by atoms with Gasteiger partial charge in [0.1, 0.15) is 0 Å². The van der Waals surface area contributed by atoms with E-state index in [0.29, 0.717) is 27.5 Å². The zero-order valence-electron chi connectivity index (χ0n) is 19.8. The number of carbonyl (C=O) groups excluding carboxylic acids is 1. The average Bonchev–Trinajstić information content (AvgIpc) is 3.25. The highest BCUT2D eigenvalue weighted by molar-refractivity contribution is 7.89. The van der Waals surface area contributed by atoms with Crippen LogP contribution in [0, 0.1) is 0 Å². The second-order valence-electron chi connectivity index (χ2n) is 8.59. The second kappa shape index (κ2) is 9.94. The molecule has 35 heavy (non-hydrogen) atoms. The zero-order valence-corrected chi connectivity index (χ0v) is 22.2. The first-order chi connectivity index (χ1) is 16.5. The highest BCUT2D eigenvalue weighted by Crippen LogP contribution is 2.30. The Balaban J connectivity index is 1.51. The number of carbonyl (C=O) groups is 1. The Morgan fingerprint density at radius 3 is 2.43 bits per heavy atom. The number of hydrogen-bond acceptors (Lipinski definition) is 7. The van der Waals surface area contributed by atoms with Gasteiger partial charge >= 0.3 is 0 Å². The second-order valence-corrected chi connectivity index (χ2v) is 13.7. The van der Waals surface area contributed by atoms with E-state index in [1.807, 2.05) is 6.92 Å². The average molecular weight is 537 g/mol. The van der Waals surface area contributed by atoms with Crippen LogP contribution in [-0.2, 0) is 20.0 Å². The molecule has 188 valence electrons. The first-order valence-electron chi connectivity index (χ1n) is 11.3. The van der Waals surface area contributed by atoms with Crippen molar-refractivity contribution in [3.8, 4) is 0 Å². The van der Waals surface area contributed by atoms with E-state index in [0.717, 1.165) is 41.3 Å². The molecule has 3 aromatic rings. The number of fused-ring (bicyclic) bond motifs is 1. The molecule has 0 radical (unpaired) electrons. The molecule has 1 amide bonds. The summed E-state index contributed by atoms with van der Waals surface area (Å²) >= 11 is 1.16. The number of sulfonamides is 2. The van der Waals surface area contributed by atoms with E-state index in [-0.39, 0.29) is 15.8 Å². The van der Waals surface area contributed by atoms with Gasteiger partial charge in [0.2, 0.25) is 20.0 Å². The Bertz CT molecular complexity index is 1450. The maximum absolute atomic E-state index is 13.1. The number of rotatable bonds is 7. The van der Waals surface area contributed by atoms with Crippen molar-refractivity contribution in [1.82, 2.24) is 13.6 Å². The molecule has 1 saturated heterocycles. The summed E-state index contributed by atoms with van der Waals surface area (Å²) in [7, 11) is -4.29. The molecular formula is C23H28N4O5S3. The van der Waals surface area contributed by atoms with Crippen molar-refractivity contribution in [2.45, 2.75) is 48.4 Å². The summed E-state index contributed by atoms with van der Waals surface area (Å²) < 4.78 is 54.4. The Hall–Kier alpha value is -2.38. The molecule has 1 fully saturated rings. The Kier molecular flexibility index (Phi) is 7.30. The van der Waals surface area contributed by atoms with Gasteiger partial charge < -0.3 is 0 Å². The van der Waals surface area contributed by atoms with Crippen LogP contribution in [-0.4, -0.2) is 63.0 Å². The van der Waals surface area contributed by atoms with Gasteiger partial charge in [-0.15, -0.1) is 0 Å². The van der Waals surface area contributed by atoms with Gasteiger partial charge in [-0.25, -0.2) is 26.1 Å². The van der Waals surface area contributed by atoms with Crippen molar-refractivity contribution in [2.75, 3.05) is 26.0 Å². The molecule has 1 N–H and O–H groups in total. The van der Waals surface area contributed by atoms with Crippen molar-refractivity contribution < 1.29 is 21.6 Å². The number of nitrogens with one attached hydrogen (secondary N) is 1. The standard InChI is InChI=1S/C23H28N4O5S3/c1-4-17-7-5-6-14-27(17)35(31,32)18-10-8-16(9-11-18)22(28)25-23-24-20-13-12-19(15-21(20)33-23)34(29,30)26(2)3/h8-13,15,17H,4-7,14H2,1-3H3,(H,24,25,28). The molecule has 0 bridgehead atoms. The minimum atomic E-state index is -3.63. The van der Waals surface area contributed by atoms with Crippen molar-refractivity contribution in [3.05, 3.63) is 48.0 Å². The van der Waals surface area contributed by atoms with E-state index in [1.165, 1.54) is 50.5 Å². The maximum Gasteiger partial charge on any atom is 0.257 e. The molecule has 9 nitrogen and oxygen atoms in total. The van der Waals surface area contributed by atoms with Gasteiger partial charge in [-0.1, -0.05) is 24.7 Å². The number of thiazole rings is 1. The fraction of sp³-hybridized carbons (Fsp3) is 0.391. The third-order valence-corrected chi connectivity index (χ3v) is 10.8.